The van der Waals surface area contributed by atoms with Crippen LogP contribution in [0.25, 0.3) is 0 Å². The second-order valence-electron chi connectivity index (χ2n) is 6.03. The number of urea groups is 1. The van der Waals surface area contributed by atoms with E-state index >= 15 is 0 Å². The van der Waals surface area contributed by atoms with Gasteiger partial charge in [0.2, 0.25) is 0 Å². The predicted molar refractivity (Wildman–Crippen MR) is 75.5 cm³/mol. The Bertz CT molecular complexity index is 371. The van der Waals surface area contributed by atoms with Gasteiger partial charge in [-0.15, -0.1) is 0 Å². The van der Waals surface area contributed by atoms with E-state index < -0.39 is 12.0 Å². The highest BCUT2D eigenvalue weighted by atomic mass is 16.4. The summed E-state index contributed by atoms with van der Waals surface area (Å²) in [5.41, 5.74) is 0. The van der Waals surface area contributed by atoms with Gasteiger partial charge in [-0.25, -0.2) is 9.59 Å². The van der Waals surface area contributed by atoms with Gasteiger partial charge in [-0.3, -0.25) is 4.90 Å². The Morgan fingerprint density at radius 3 is 2.60 bits per heavy atom. The van der Waals surface area contributed by atoms with E-state index in [1.807, 2.05) is 13.8 Å². The lowest BCUT2D eigenvalue weighted by Gasteiger charge is -2.22. The number of carboxylic acids is 1. The fourth-order valence-electron chi connectivity index (χ4n) is 2.73. The van der Waals surface area contributed by atoms with Crippen LogP contribution in [0.4, 0.5) is 4.79 Å². The minimum atomic E-state index is -0.972. The lowest BCUT2D eigenvalue weighted by Crippen LogP contribution is -2.51. The van der Waals surface area contributed by atoms with Crippen LogP contribution in [0.1, 0.15) is 39.5 Å². The topological polar surface area (TPSA) is 81.7 Å². The van der Waals surface area contributed by atoms with Crippen molar-refractivity contribution in [3.05, 3.63) is 0 Å². The maximum atomic E-state index is 11.9. The zero-order valence-corrected chi connectivity index (χ0v) is 12.3. The lowest BCUT2D eigenvalue weighted by molar-refractivity contribution is -0.140. The van der Waals surface area contributed by atoms with Gasteiger partial charge >= 0.3 is 12.0 Å². The van der Waals surface area contributed by atoms with Crippen molar-refractivity contribution in [3.63, 3.8) is 0 Å². The number of carbonyl (C=O) groups excluding carboxylic acids is 1. The summed E-state index contributed by atoms with van der Waals surface area (Å²) in [4.78, 5) is 25.5. The number of nitrogens with one attached hydrogen (secondary N) is 2. The molecule has 1 saturated carbocycles. The van der Waals surface area contributed by atoms with Gasteiger partial charge in [0.15, 0.2) is 0 Å². The first-order chi connectivity index (χ1) is 9.51. The van der Waals surface area contributed by atoms with Crippen LogP contribution >= 0.6 is 0 Å². The predicted octanol–water partition coefficient (Wildman–Crippen LogP) is 1.02. The Kier molecular flexibility index (Phi) is 4.86. The van der Waals surface area contributed by atoms with E-state index in [1.165, 1.54) is 12.8 Å². The highest BCUT2D eigenvalue weighted by Gasteiger charge is 2.35. The number of carboxylic acid groups (broad SMARTS) is 1. The number of rotatable bonds is 6. The molecular formula is C14H25N3O3. The minimum absolute atomic E-state index is 0.0789. The number of hydrogen-bond donors (Lipinski definition) is 3. The first-order valence-electron chi connectivity index (χ1n) is 7.55. The Morgan fingerprint density at radius 1 is 1.35 bits per heavy atom. The van der Waals surface area contributed by atoms with E-state index in [9.17, 15) is 9.59 Å². The summed E-state index contributed by atoms with van der Waals surface area (Å²) in [7, 11) is 0. The molecule has 3 atom stereocenters. The third-order valence-corrected chi connectivity index (χ3v) is 4.38. The summed E-state index contributed by atoms with van der Waals surface area (Å²) in [5.74, 6) is -1.05. The molecule has 1 saturated heterocycles. The molecule has 0 aromatic heterocycles. The summed E-state index contributed by atoms with van der Waals surface area (Å²) in [6.07, 6.45) is 4.21. The molecule has 1 aliphatic heterocycles. The normalized spacial score (nSPS) is 26.0. The molecule has 2 amide bonds. The maximum absolute atomic E-state index is 11.9. The fourth-order valence-corrected chi connectivity index (χ4v) is 2.73. The van der Waals surface area contributed by atoms with Crippen molar-refractivity contribution in [2.75, 3.05) is 13.1 Å². The molecule has 20 heavy (non-hydrogen) atoms. The Morgan fingerprint density at radius 2 is 2.05 bits per heavy atom. The molecule has 2 fully saturated rings. The molecule has 0 spiro atoms. The van der Waals surface area contributed by atoms with Crippen molar-refractivity contribution >= 4 is 12.0 Å². The molecular weight excluding hydrogens is 258 g/mol. The van der Waals surface area contributed by atoms with E-state index in [0.29, 0.717) is 0 Å². The summed E-state index contributed by atoms with van der Waals surface area (Å²) in [6.45, 7) is 5.68. The molecule has 6 nitrogen and oxygen atoms in total. The lowest BCUT2D eigenvalue weighted by atomic mass is 9.99. The van der Waals surface area contributed by atoms with E-state index in [4.69, 9.17) is 5.11 Å². The molecule has 0 bridgehead atoms. The van der Waals surface area contributed by atoms with E-state index in [-0.39, 0.29) is 18.0 Å². The average Bonchev–Trinajstić information content (AvgIpc) is 3.16. The number of hydrogen-bond acceptors (Lipinski definition) is 3. The van der Waals surface area contributed by atoms with Crippen LogP contribution in [0.2, 0.25) is 0 Å². The van der Waals surface area contributed by atoms with Gasteiger partial charge in [-0.2, -0.15) is 0 Å². The van der Waals surface area contributed by atoms with Gasteiger partial charge in [0.25, 0.3) is 0 Å². The standard InChI is InChI=1S/C14H25N3O3/c1-3-9(2)12(13(18)19)16-14(20)15-10-6-7-17(8-10)11-4-5-11/h9-12H,3-8H2,1-2H3,(H,18,19)(H2,15,16,20). The molecule has 1 aliphatic carbocycles. The van der Waals surface area contributed by atoms with Crippen LogP contribution in [-0.4, -0.2) is 53.2 Å². The van der Waals surface area contributed by atoms with E-state index in [1.54, 1.807) is 0 Å². The number of amides is 2. The Balaban J connectivity index is 1.77. The van der Waals surface area contributed by atoms with Gasteiger partial charge in [0.1, 0.15) is 6.04 Å². The molecule has 1 heterocycles. The van der Waals surface area contributed by atoms with Crippen molar-refractivity contribution in [2.24, 2.45) is 5.92 Å². The highest BCUT2D eigenvalue weighted by Crippen LogP contribution is 2.29. The van der Waals surface area contributed by atoms with E-state index in [0.717, 1.165) is 32.0 Å². The average molecular weight is 283 g/mol. The van der Waals surface area contributed by atoms with Crippen LogP contribution < -0.4 is 10.6 Å². The smallest absolute Gasteiger partial charge is 0.326 e. The van der Waals surface area contributed by atoms with Crippen LogP contribution in [0.3, 0.4) is 0 Å². The van der Waals surface area contributed by atoms with Crippen LogP contribution in [0.15, 0.2) is 0 Å². The highest BCUT2D eigenvalue weighted by molar-refractivity contribution is 5.82. The summed E-state index contributed by atoms with van der Waals surface area (Å²) in [6, 6.07) is -0.319. The van der Waals surface area contributed by atoms with Crippen LogP contribution in [0, 0.1) is 5.92 Å². The Hall–Kier alpha value is -1.30. The molecule has 0 radical (unpaired) electrons. The summed E-state index contributed by atoms with van der Waals surface area (Å²) < 4.78 is 0. The maximum Gasteiger partial charge on any atom is 0.326 e. The number of nitrogens with zero attached hydrogens (tertiary/aromatic N) is 1. The van der Waals surface area contributed by atoms with Gasteiger partial charge in [0.05, 0.1) is 0 Å². The minimum Gasteiger partial charge on any atom is -0.480 e. The van der Waals surface area contributed by atoms with Gasteiger partial charge in [-0.1, -0.05) is 20.3 Å². The first-order valence-corrected chi connectivity index (χ1v) is 7.55. The number of carbonyl (C=O) groups is 2. The molecule has 0 aromatic carbocycles. The fraction of sp³-hybridized carbons (Fsp3) is 0.857. The van der Waals surface area contributed by atoms with Crippen LogP contribution in [-0.2, 0) is 4.79 Å². The quantitative estimate of drug-likeness (QED) is 0.680. The van der Waals surface area contributed by atoms with Crippen molar-refractivity contribution in [1.29, 1.82) is 0 Å². The van der Waals surface area contributed by atoms with Gasteiger partial charge in [0, 0.05) is 25.2 Å². The van der Waals surface area contributed by atoms with E-state index in [2.05, 4.69) is 15.5 Å². The second-order valence-corrected chi connectivity index (χ2v) is 6.03. The second kappa shape index (κ2) is 6.43. The zero-order valence-electron chi connectivity index (χ0n) is 12.3. The largest absolute Gasteiger partial charge is 0.480 e. The molecule has 3 N–H and O–H groups in total. The Labute approximate surface area is 119 Å². The zero-order chi connectivity index (χ0) is 14.7. The van der Waals surface area contributed by atoms with Gasteiger partial charge < -0.3 is 15.7 Å². The molecule has 114 valence electrons. The molecule has 2 aliphatic rings. The number of likely N-dealkylation sites (tertiary alicyclic amines) is 1. The molecule has 2 rings (SSSR count). The molecule has 0 aromatic rings. The van der Waals surface area contributed by atoms with Crippen molar-refractivity contribution < 1.29 is 14.7 Å². The SMILES string of the molecule is CCC(C)C(NC(=O)NC1CCN(C2CC2)C1)C(=O)O. The summed E-state index contributed by atoms with van der Waals surface area (Å²) in [5, 5.41) is 14.6. The van der Waals surface area contributed by atoms with Gasteiger partial charge in [-0.05, 0) is 25.2 Å². The van der Waals surface area contributed by atoms with Crippen molar-refractivity contribution in [1.82, 2.24) is 15.5 Å². The van der Waals surface area contributed by atoms with Crippen molar-refractivity contribution in [3.8, 4) is 0 Å². The molecule has 6 heteroatoms. The third-order valence-electron chi connectivity index (χ3n) is 4.38. The third kappa shape index (κ3) is 3.85. The summed E-state index contributed by atoms with van der Waals surface area (Å²) >= 11 is 0. The van der Waals surface area contributed by atoms with Crippen molar-refractivity contribution in [2.45, 2.75) is 57.7 Å². The van der Waals surface area contributed by atoms with Crippen LogP contribution in [0.5, 0.6) is 0 Å². The molecule has 3 unspecified atom stereocenters. The number of aliphatic carboxylic acids is 1. The monoisotopic (exact) mass is 283 g/mol. The first kappa shape index (κ1) is 15.1.